The van der Waals surface area contributed by atoms with E-state index in [0.29, 0.717) is 6.04 Å². The van der Waals surface area contributed by atoms with Crippen LogP contribution in [0.15, 0.2) is 48.6 Å². The van der Waals surface area contributed by atoms with E-state index in [9.17, 15) is 0 Å². The van der Waals surface area contributed by atoms with Gasteiger partial charge in [-0.2, -0.15) is 0 Å². The lowest BCUT2D eigenvalue weighted by atomic mass is 9.99. The Labute approximate surface area is 585 Å². The molecule has 0 aliphatic rings. The zero-order valence-corrected chi connectivity index (χ0v) is 66.1. The van der Waals surface area contributed by atoms with E-state index in [4.69, 9.17) is 5.73 Å². The van der Waals surface area contributed by atoms with Crippen molar-refractivity contribution in [1.29, 1.82) is 0 Å². The highest BCUT2D eigenvalue weighted by molar-refractivity contribution is 4.92. The lowest BCUT2D eigenvalue weighted by Crippen LogP contribution is -2.27. The number of rotatable bonds is 73. The maximum atomic E-state index is 6.32. The van der Waals surface area contributed by atoms with Gasteiger partial charge in [-0.25, -0.2) is 0 Å². The first-order chi connectivity index (χ1) is 45.1. The van der Waals surface area contributed by atoms with Crippen molar-refractivity contribution in [1.82, 2.24) is 9.80 Å². The molecule has 0 spiro atoms. The predicted molar refractivity (Wildman–Crippen MR) is 427 cm³/mol. The maximum Gasteiger partial charge on any atom is 0.00891 e. The summed E-state index contributed by atoms with van der Waals surface area (Å²) in [6, 6.07) is 2.08. The summed E-state index contributed by atoms with van der Waals surface area (Å²) >= 11 is 0. The Morgan fingerprint density at radius 2 is 0.391 bits per heavy atom. The first kappa shape index (κ1) is 95.0. The number of hydrogen-bond acceptors (Lipinski definition) is 3. The second-order valence-electron chi connectivity index (χ2n) is 30.4. The fraction of sp³-hybridized carbons (Fsp3) is 0.910. The van der Waals surface area contributed by atoms with E-state index in [2.05, 4.69) is 135 Å². The van der Waals surface area contributed by atoms with Crippen molar-refractivity contribution in [3.63, 3.8) is 0 Å². The van der Waals surface area contributed by atoms with Crippen LogP contribution in [0, 0.1) is 5.92 Å². The largest absolute Gasteiger partial charge is 0.328 e. The maximum absolute atomic E-state index is 6.32. The number of hydrogen-bond donors (Lipinski definition) is 1. The van der Waals surface area contributed by atoms with Crippen LogP contribution < -0.4 is 5.73 Å². The van der Waals surface area contributed by atoms with E-state index in [1.165, 1.54) is 417 Å². The van der Waals surface area contributed by atoms with Gasteiger partial charge in [-0.15, -0.1) is 0 Å². The minimum absolute atomic E-state index is 0.455. The molecule has 0 aromatic rings. The Morgan fingerprint density at radius 3 is 0.620 bits per heavy atom. The third-order valence-electron chi connectivity index (χ3n) is 20.0. The Morgan fingerprint density at radius 1 is 0.217 bits per heavy atom. The number of allylic oxidation sites excluding steroid dienone is 8. The summed E-state index contributed by atoms with van der Waals surface area (Å²) in [6.45, 7) is 16.1. The Balaban J connectivity index is -0.00000129. The highest BCUT2D eigenvalue weighted by atomic mass is 15.1. The van der Waals surface area contributed by atoms with Crippen molar-refractivity contribution in [2.45, 2.75) is 490 Å². The van der Waals surface area contributed by atoms with Crippen molar-refractivity contribution in [2.24, 2.45) is 11.7 Å². The third-order valence-corrected chi connectivity index (χ3v) is 20.0. The topological polar surface area (TPSA) is 32.5 Å². The summed E-state index contributed by atoms with van der Waals surface area (Å²) in [5.74, 6) is 0.869. The second kappa shape index (κ2) is 85.9. The summed E-state index contributed by atoms with van der Waals surface area (Å²) in [4.78, 5) is 4.95. The standard InChI is InChI=1S/C32H63N.C29H59N.C28H57N/c1-4-5-6-7-8-9-10-11-12-13-14-15-16-17-18-19-20-23-26-29-32(33)30-27-24-21-22-25-28-31(2)3;1-5-7-9-11-13-14-15-16-17-18-19-20-22-24-26-28-29(30(3)4)27-25-23-21-12-10-8-6-2;1-5-7-9-11-13-14-15-16-17-18-19-20-21-23-25-27-28(29(3)4)26-24-22-12-10-8-6-2/h8-9,11-12,31-32H,4-7,10,13-30,33H2,1-3H3;16-17,29H,5-15,18-28H2,1-4H3;16-17,28H,5-15,18-27H2,1-4H3. The van der Waals surface area contributed by atoms with Gasteiger partial charge in [0.1, 0.15) is 0 Å². The number of nitrogens with zero attached hydrogens (tertiary/aromatic N) is 2. The molecule has 550 valence electrons. The van der Waals surface area contributed by atoms with Crippen LogP contribution in [0.25, 0.3) is 0 Å². The van der Waals surface area contributed by atoms with Crippen LogP contribution in [-0.2, 0) is 0 Å². The average molecular weight is 1290 g/mol. The lowest BCUT2D eigenvalue weighted by Gasteiger charge is -2.24. The molecule has 0 heterocycles. The molecule has 3 nitrogen and oxygen atoms in total. The minimum Gasteiger partial charge on any atom is -0.328 e. The Hall–Kier alpha value is -1.16. The van der Waals surface area contributed by atoms with E-state index >= 15 is 0 Å². The van der Waals surface area contributed by atoms with Gasteiger partial charge in [-0.05, 0) is 156 Å². The smallest absolute Gasteiger partial charge is 0.00891 e. The highest BCUT2D eigenvalue weighted by Crippen LogP contribution is 2.21. The van der Waals surface area contributed by atoms with Gasteiger partial charge in [-0.3, -0.25) is 0 Å². The molecule has 2 N–H and O–H groups in total. The SMILES string of the molecule is CCCCCC=CCC=CCCCCCCCCCCCC(N)CCCCCCCC(C)C.CCCCCCCCC=CCCCCCCCC(CCCCCCCC)N(C)C.CCCCCCCCC=CCCCCCCCC(CCCCCCCCC)N(C)C. The lowest BCUT2D eigenvalue weighted by molar-refractivity contribution is 0.251. The molecule has 0 saturated carbocycles. The van der Waals surface area contributed by atoms with Gasteiger partial charge in [0.05, 0.1) is 0 Å². The molecule has 0 fully saturated rings. The molecule has 3 atom stereocenters. The Kier molecular flexibility index (Phi) is 88.8. The molecule has 3 heteroatoms. The molecule has 0 amide bonds. The first-order valence-electron chi connectivity index (χ1n) is 42.8. The summed E-state index contributed by atoms with van der Waals surface area (Å²) in [6.07, 6.45) is 111. The minimum atomic E-state index is 0.455. The van der Waals surface area contributed by atoms with Crippen molar-refractivity contribution in [3.8, 4) is 0 Å². The molecular weight excluding hydrogens is 1110 g/mol. The van der Waals surface area contributed by atoms with Gasteiger partial charge in [0.25, 0.3) is 0 Å². The molecule has 0 aliphatic carbocycles. The molecule has 0 aromatic carbocycles. The van der Waals surface area contributed by atoms with Crippen LogP contribution in [0.4, 0.5) is 0 Å². The fourth-order valence-corrected chi connectivity index (χ4v) is 13.3. The van der Waals surface area contributed by atoms with Crippen LogP contribution in [0.1, 0.15) is 472 Å². The fourth-order valence-electron chi connectivity index (χ4n) is 13.3. The van der Waals surface area contributed by atoms with E-state index in [-0.39, 0.29) is 0 Å². The zero-order valence-electron chi connectivity index (χ0n) is 66.1. The second-order valence-corrected chi connectivity index (χ2v) is 30.4. The van der Waals surface area contributed by atoms with Gasteiger partial charge in [0.15, 0.2) is 0 Å². The van der Waals surface area contributed by atoms with Crippen molar-refractivity contribution in [2.75, 3.05) is 28.2 Å². The van der Waals surface area contributed by atoms with Crippen LogP contribution in [0.5, 0.6) is 0 Å². The monoisotopic (exact) mass is 1290 g/mol. The summed E-state index contributed by atoms with van der Waals surface area (Å²) in [5.41, 5.74) is 6.32. The molecule has 0 rings (SSSR count). The first-order valence-corrected chi connectivity index (χ1v) is 42.8. The van der Waals surface area contributed by atoms with Gasteiger partial charge in [0, 0.05) is 18.1 Å². The third kappa shape index (κ3) is 86.9. The molecule has 92 heavy (non-hydrogen) atoms. The molecule has 0 aromatic heterocycles. The van der Waals surface area contributed by atoms with Crippen molar-refractivity contribution < 1.29 is 0 Å². The van der Waals surface area contributed by atoms with Gasteiger partial charge < -0.3 is 15.5 Å². The highest BCUT2D eigenvalue weighted by Gasteiger charge is 2.12. The molecule has 0 saturated heterocycles. The van der Waals surface area contributed by atoms with Crippen LogP contribution in [-0.4, -0.2) is 56.1 Å². The van der Waals surface area contributed by atoms with Gasteiger partial charge >= 0.3 is 0 Å². The van der Waals surface area contributed by atoms with Crippen LogP contribution in [0.3, 0.4) is 0 Å². The number of unbranched alkanes of at least 4 members (excludes halogenated alkanes) is 49. The van der Waals surface area contributed by atoms with Crippen LogP contribution >= 0.6 is 0 Å². The molecule has 3 unspecified atom stereocenters. The van der Waals surface area contributed by atoms with E-state index in [0.717, 1.165) is 24.4 Å². The molecule has 0 aliphatic heterocycles. The summed E-state index contributed by atoms with van der Waals surface area (Å²) in [7, 11) is 9.12. The predicted octanol–water partition coefficient (Wildman–Crippen LogP) is 30.9. The Bertz CT molecular complexity index is 1390. The van der Waals surface area contributed by atoms with Gasteiger partial charge in [0.2, 0.25) is 0 Å². The van der Waals surface area contributed by atoms with Crippen molar-refractivity contribution in [3.05, 3.63) is 48.6 Å². The summed E-state index contributed by atoms with van der Waals surface area (Å²) < 4.78 is 0. The van der Waals surface area contributed by atoms with Gasteiger partial charge in [-0.1, -0.05) is 399 Å². The van der Waals surface area contributed by atoms with Crippen molar-refractivity contribution >= 4 is 0 Å². The number of nitrogens with two attached hydrogens (primary N) is 1. The molecular formula is C89H179N3. The zero-order chi connectivity index (χ0) is 67.8. The van der Waals surface area contributed by atoms with E-state index in [1.807, 2.05) is 0 Å². The normalized spacial score (nSPS) is 13.0. The average Bonchev–Trinajstić information content (AvgIpc) is 3.56. The summed E-state index contributed by atoms with van der Waals surface area (Å²) in [5, 5.41) is 0. The van der Waals surface area contributed by atoms with Crippen LogP contribution in [0.2, 0.25) is 0 Å². The molecule has 0 bridgehead atoms. The van der Waals surface area contributed by atoms with E-state index < -0.39 is 0 Å². The molecule has 0 radical (unpaired) electrons. The quantitative estimate of drug-likeness (QED) is 0.0487. The van der Waals surface area contributed by atoms with E-state index in [1.54, 1.807) is 0 Å².